The molecule has 0 spiro atoms. The third kappa shape index (κ3) is 3.93. The van der Waals surface area contributed by atoms with Gasteiger partial charge >= 0.3 is 6.01 Å². The molecule has 7 heteroatoms. The van der Waals surface area contributed by atoms with Gasteiger partial charge in [-0.3, -0.25) is 14.8 Å². The van der Waals surface area contributed by atoms with Crippen molar-refractivity contribution in [3.05, 3.63) is 47.2 Å². The number of aryl methyl sites for hydroxylation is 2. The van der Waals surface area contributed by atoms with Gasteiger partial charge in [-0.1, -0.05) is 28.9 Å². The molecule has 0 atom stereocenters. The van der Waals surface area contributed by atoms with E-state index in [0.29, 0.717) is 5.69 Å². The molecule has 7 nitrogen and oxygen atoms in total. The minimum Gasteiger partial charge on any atom is -0.401 e. The van der Waals surface area contributed by atoms with Crippen molar-refractivity contribution in [1.29, 1.82) is 0 Å². The highest BCUT2D eigenvalue weighted by Crippen LogP contribution is 2.19. The molecule has 2 aromatic heterocycles. The Kier molecular flexibility index (Phi) is 4.65. The molecule has 0 saturated heterocycles. The van der Waals surface area contributed by atoms with Gasteiger partial charge in [-0.05, 0) is 44.9 Å². The predicted molar refractivity (Wildman–Crippen MR) is 94.2 cm³/mol. The smallest absolute Gasteiger partial charge is 0.322 e. The monoisotopic (exact) mass is 339 g/mol. The number of amides is 1. The quantitative estimate of drug-likeness (QED) is 0.771. The number of hydrogen-bond acceptors (Lipinski definition) is 5. The molecule has 0 radical (unpaired) electrons. The van der Waals surface area contributed by atoms with Crippen molar-refractivity contribution in [2.24, 2.45) is 0 Å². The van der Waals surface area contributed by atoms with E-state index in [1.807, 2.05) is 46.0 Å². The number of anilines is 1. The molecule has 130 valence electrons. The van der Waals surface area contributed by atoms with Gasteiger partial charge in [0, 0.05) is 12.2 Å². The Morgan fingerprint density at radius 1 is 1.24 bits per heavy atom. The van der Waals surface area contributed by atoms with Crippen LogP contribution in [-0.2, 0) is 11.2 Å². The van der Waals surface area contributed by atoms with Gasteiger partial charge in [0.2, 0.25) is 5.91 Å². The third-order valence-corrected chi connectivity index (χ3v) is 3.88. The predicted octanol–water partition coefficient (Wildman–Crippen LogP) is 3.31. The van der Waals surface area contributed by atoms with Gasteiger partial charge in [-0.15, -0.1) is 5.10 Å². The number of aromatic nitrogens is 4. The number of nitrogens with one attached hydrogen (secondary N) is 1. The maximum absolute atomic E-state index is 12.2. The first-order chi connectivity index (χ1) is 11.9. The van der Waals surface area contributed by atoms with Crippen LogP contribution in [-0.4, -0.2) is 25.9 Å². The molecule has 3 aromatic rings. The lowest BCUT2D eigenvalue weighted by atomic mass is 10.0. The van der Waals surface area contributed by atoms with E-state index in [4.69, 9.17) is 4.42 Å². The molecule has 0 aliphatic carbocycles. The lowest BCUT2D eigenvalue weighted by molar-refractivity contribution is -0.115. The molecule has 2 heterocycles. The molecule has 1 amide bonds. The zero-order valence-electron chi connectivity index (χ0n) is 14.8. The van der Waals surface area contributed by atoms with Gasteiger partial charge < -0.3 is 4.42 Å². The normalized spacial score (nSPS) is 11.1. The summed E-state index contributed by atoms with van der Waals surface area (Å²) in [6, 6.07) is 8.12. The molecule has 1 N–H and O–H groups in total. The van der Waals surface area contributed by atoms with Crippen molar-refractivity contribution in [2.45, 2.75) is 40.2 Å². The number of nitrogens with zero attached hydrogens (tertiary/aromatic N) is 4. The summed E-state index contributed by atoms with van der Waals surface area (Å²) in [6.45, 7) is 8.08. The van der Waals surface area contributed by atoms with E-state index in [2.05, 4.69) is 26.7 Å². The Balaban J connectivity index is 1.67. The standard InChI is InChI=1S/C18H21N5O2/c1-11(2)23-8-7-15(22-23)17-20-21-18(25-17)19-16(24)10-14-6-5-12(3)9-13(14)4/h5-9,11H,10H2,1-4H3,(H,19,21,24). The highest BCUT2D eigenvalue weighted by atomic mass is 16.4. The summed E-state index contributed by atoms with van der Waals surface area (Å²) < 4.78 is 7.29. The number of benzene rings is 1. The fraction of sp³-hybridized carbons (Fsp3) is 0.333. The first kappa shape index (κ1) is 16.9. The van der Waals surface area contributed by atoms with E-state index in [9.17, 15) is 4.79 Å². The summed E-state index contributed by atoms with van der Waals surface area (Å²) in [5, 5.41) is 14.8. The van der Waals surface area contributed by atoms with Crippen molar-refractivity contribution >= 4 is 11.9 Å². The topological polar surface area (TPSA) is 85.8 Å². The fourth-order valence-corrected chi connectivity index (χ4v) is 2.50. The fourth-order valence-electron chi connectivity index (χ4n) is 2.50. The molecule has 0 aliphatic rings. The van der Waals surface area contributed by atoms with E-state index in [1.165, 1.54) is 5.56 Å². The van der Waals surface area contributed by atoms with Crippen LogP contribution < -0.4 is 5.32 Å². The van der Waals surface area contributed by atoms with E-state index in [-0.39, 0.29) is 30.3 Å². The molecule has 0 fully saturated rings. The highest BCUT2D eigenvalue weighted by molar-refractivity contribution is 5.90. The molecular weight excluding hydrogens is 318 g/mol. The Morgan fingerprint density at radius 3 is 2.72 bits per heavy atom. The van der Waals surface area contributed by atoms with E-state index in [0.717, 1.165) is 11.1 Å². The highest BCUT2D eigenvalue weighted by Gasteiger charge is 2.15. The van der Waals surface area contributed by atoms with E-state index >= 15 is 0 Å². The maximum atomic E-state index is 12.2. The van der Waals surface area contributed by atoms with Crippen molar-refractivity contribution in [3.8, 4) is 11.6 Å². The van der Waals surface area contributed by atoms with Gasteiger partial charge in [-0.2, -0.15) is 5.10 Å². The van der Waals surface area contributed by atoms with Crippen LogP contribution in [0.3, 0.4) is 0 Å². The summed E-state index contributed by atoms with van der Waals surface area (Å²) in [4.78, 5) is 12.2. The minimum absolute atomic E-state index is 0.0730. The molecule has 0 bridgehead atoms. The number of carbonyl (C=O) groups is 1. The van der Waals surface area contributed by atoms with Crippen LogP contribution in [0.1, 0.15) is 36.6 Å². The summed E-state index contributed by atoms with van der Waals surface area (Å²) in [5.74, 6) is 0.0797. The zero-order chi connectivity index (χ0) is 18.0. The maximum Gasteiger partial charge on any atom is 0.322 e. The second-order valence-electron chi connectivity index (χ2n) is 6.34. The molecule has 25 heavy (non-hydrogen) atoms. The molecule has 0 aliphatic heterocycles. The van der Waals surface area contributed by atoms with Crippen LogP contribution in [0.15, 0.2) is 34.9 Å². The second kappa shape index (κ2) is 6.88. The van der Waals surface area contributed by atoms with Crippen LogP contribution in [0.5, 0.6) is 0 Å². The van der Waals surface area contributed by atoms with Crippen molar-refractivity contribution < 1.29 is 9.21 Å². The largest absolute Gasteiger partial charge is 0.401 e. The number of hydrogen-bond donors (Lipinski definition) is 1. The Hall–Kier alpha value is -2.96. The zero-order valence-corrected chi connectivity index (χ0v) is 14.8. The second-order valence-corrected chi connectivity index (χ2v) is 6.34. The van der Waals surface area contributed by atoms with Crippen LogP contribution in [0.25, 0.3) is 11.6 Å². The first-order valence-electron chi connectivity index (χ1n) is 8.17. The van der Waals surface area contributed by atoms with E-state index < -0.39 is 0 Å². The van der Waals surface area contributed by atoms with Gasteiger partial charge in [0.1, 0.15) is 5.69 Å². The lowest BCUT2D eigenvalue weighted by Crippen LogP contribution is -2.15. The number of carbonyl (C=O) groups excluding carboxylic acids is 1. The molecule has 1 aromatic carbocycles. The Labute approximate surface area is 146 Å². The number of rotatable bonds is 5. The lowest BCUT2D eigenvalue weighted by Gasteiger charge is -2.06. The van der Waals surface area contributed by atoms with Crippen molar-refractivity contribution in [2.75, 3.05) is 5.32 Å². The molecular formula is C18H21N5O2. The average molecular weight is 339 g/mol. The van der Waals surface area contributed by atoms with Gasteiger partial charge in [0.05, 0.1) is 6.42 Å². The first-order valence-corrected chi connectivity index (χ1v) is 8.17. The van der Waals surface area contributed by atoms with Crippen LogP contribution in [0, 0.1) is 13.8 Å². The third-order valence-electron chi connectivity index (χ3n) is 3.88. The minimum atomic E-state index is -0.199. The van der Waals surface area contributed by atoms with Crippen molar-refractivity contribution in [1.82, 2.24) is 20.0 Å². The average Bonchev–Trinajstić information content (AvgIpc) is 3.19. The Bertz CT molecular complexity index is 895. The van der Waals surface area contributed by atoms with Crippen LogP contribution >= 0.6 is 0 Å². The summed E-state index contributed by atoms with van der Waals surface area (Å²) >= 11 is 0. The van der Waals surface area contributed by atoms with Crippen LogP contribution in [0.4, 0.5) is 6.01 Å². The van der Waals surface area contributed by atoms with Crippen molar-refractivity contribution in [3.63, 3.8) is 0 Å². The van der Waals surface area contributed by atoms with Gasteiger partial charge in [0.15, 0.2) is 0 Å². The summed E-state index contributed by atoms with van der Waals surface area (Å²) in [5.41, 5.74) is 3.80. The SMILES string of the molecule is Cc1ccc(CC(=O)Nc2nnc(-c3ccn(C(C)C)n3)o2)c(C)c1. The van der Waals surface area contributed by atoms with Crippen LogP contribution in [0.2, 0.25) is 0 Å². The van der Waals surface area contributed by atoms with Gasteiger partial charge in [0.25, 0.3) is 5.89 Å². The molecule has 0 unspecified atom stereocenters. The summed E-state index contributed by atoms with van der Waals surface area (Å²) in [7, 11) is 0. The Morgan fingerprint density at radius 2 is 2.04 bits per heavy atom. The molecule has 3 rings (SSSR count). The summed E-state index contributed by atoms with van der Waals surface area (Å²) in [6.07, 6.45) is 2.11. The van der Waals surface area contributed by atoms with E-state index in [1.54, 1.807) is 10.7 Å². The van der Waals surface area contributed by atoms with Gasteiger partial charge in [-0.25, -0.2) is 0 Å². The molecule has 0 saturated carbocycles.